The molecule has 1 aliphatic carbocycles. The Labute approximate surface area is 184 Å². The van der Waals surface area contributed by atoms with Crippen molar-refractivity contribution in [3.05, 3.63) is 93.6 Å². The number of amides is 1. The van der Waals surface area contributed by atoms with Gasteiger partial charge in [-0.3, -0.25) is 14.5 Å². The molecule has 31 heavy (non-hydrogen) atoms. The summed E-state index contributed by atoms with van der Waals surface area (Å²) in [4.78, 5) is 29.3. The molecule has 0 bridgehead atoms. The molecule has 0 saturated heterocycles. The number of nitrogens with zero attached hydrogens (tertiary/aromatic N) is 1. The lowest BCUT2D eigenvalue weighted by Crippen LogP contribution is -2.37. The zero-order valence-electron chi connectivity index (χ0n) is 17.0. The van der Waals surface area contributed by atoms with Crippen LogP contribution in [0.15, 0.2) is 77.3 Å². The number of carbonyl (C=O) groups excluding carboxylic acids is 2. The number of hydrogen-bond donors (Lipinski definition) is 1. The summed E-state index contributed by atoms with van der Waals surface area (Å²) in [7, 11) is 0. The highest BCUT2D eigenvalue weighted by atomic mass is 32.1. The molecule has 2 heterocycles. The maximum Gasteiger partial charge on any atom is 0.224 e. The van der Waals surface area contributed by atoms with Crippen LogP contribution >= 0.6 is 11.3 Å². The van der Waals surface area contributed by atoms with Crippen molar-refractivity contribution >= 4 is 34.4 Å². The zero-order chi connectivity index (χ0) is 21.5. The summed E-state index contributed by atoms with van der Waals surface area (Å²) in [5.41, 5.74) is 3.63. The summed E-state index contributed by atoms with van der Waals surface area (Å²) in [5, 5.41) is 5.50. The SMILES string of the molecule is CC(=O)N1c2ccccc2NC2=C(C(=O)C[C@@H](c3cccs3)C2)[C@@H]1c1ccc(F)cc1. The van der Waals surface area contributed by atoms with Crippen LogP contribution in [0, 0.1) is 5.82 Å². The average molecular weight is 433 g/mol. The molecule has 1 aromatic heterocycles. The fraction of sp³-hybridized carbons (Fsp3) is 0.200. The molecule has 1 N–H and O–H groups in total. The molecule has 2 atom stereocenters. The molecule has 6 heteroatoms. The lowest BCUT2D eigenvalue weighted by atomic mass is 9.80. The van der Waals surface area contributed by atoms with E-state index in [1.54, 1.807) is 28.4 Å². The fourth-order valence-electron chi connectivity index (χ4n) is 4.62. The van der Waals surface area contributed by atoms with Crippen LogP contribution in [0.1, 0.15) is 42.2 Å². The predicted octanol–water partition coefficient (Wildman–Crippen LogP) is 5.81. The molecular formula is C25H21FN2O2S. The van der Waals surface area contributed by atoms with E-state index >= 15 is 0 Å². The third kappa shape index (κ3) is 3.47. The fourth-order valence-corrected chi connectivity index (χ4v) is 5.45. The van der Waals surface area contributed by atoms with Gasteiger partial charge in [0.15, 0.2) is 5.78 Å². The van der Waals surface area contributed by atoms with Gasteiger partial charge < -0.3 is 5.32 Å². The van der Waals surface area contributed by atoms with Crippen LogP contribution in [0.4, 0.5) is 15.8 Å². The maximum atomic E-state index is 13.7. The number of para-hydroxylation sites is 2. The van der Waals surface area contributed by atoms with Crippen molar-refractivity contribution in [2.24, 2.45) is 0 Å². The molecule has 2 aliphatic rings. The summed E-state index contributed by atoms with van der Waals surface area (Å²) in [6.07, 6.45) is 1.07. The van der Waals surface area contributed by atoms with Crippen molar-refractivity contribution < 1.29 is 14.0 Å². The lowest BCUT2D eigenvalue weighted by molar-refractivity contribution is -0.117. The van der Waals surface area contributed by atoms with Gasteiger partial charge in [0.05, 0.1) is 17.4 Å². The second-order valence-corrected chi connectivity index (χ2v) is 8.90. The number of halogens is 1. The molecule has 3 aromatic rings. The van der Waals surface area contributed by atoms with Crippen LogP contribution in [0.25, 0.3) is 0 Å². The normalized spacial score (nSPS) is 20.6. The number of ketones is 1. The quantitative estimate of drug-likeness (QED) is 0.556. The van der Waals surface area contributed by atoms with E-state index in [1.165, 1.54) is 23.9 Å². The van der Waals surface area contributed by atoms with E-state index in [9.17, 15) is 14.0 Å². The van der Waals surface area contributed by atoms with Crippen LogP contribution in [0.3, 0.4) is 0 Å². The van der Waals surface area contributed by atoms with Gasteiger partial charge in [-0.15, -0.1) is 11.3 Å². The summed E-state index contributed by atoms with van der Waals surface area (Å²) < 4.78 is 13.7. The Bertz CT molecular complexity index is 1180. The van der Waals surface area contributed by atoms with Gasteiger partial charge in [0.1, 0.15) is 5.82 Å². The van der Waals surface area contributed by atoms with E-state index in [1.807, 2.05) is 35.7 Å². The Kier molecular flexibility index (Phi) is 4.94. The summed E-state index contributed by atoms with van der Waals surface area (Å²) in [5.74, 6) is -0.415. The zero-order valence-corrected chi connectivity index (χ0v) is 17.8. The molecular weight excluding hydrogens is 411 g/mol. The molecule has 2 aromatic carbocycles. The Morgan fingerprint density at radius 2 is 1.84 bits per heavy atom. The standard InChI is InChI=1S/C25H21FN2O2S/c1-15(29)28-21-6-3-2-5-19(21)27-20-13-17(23-7-4-12-31-23)14-22(30)24(20)25(28)16-8-10-18(26)11-9-16/h2-12,17,25,27H,13-14H2,1H3/t17-,25-/m0/s1. The first-order chi connectivity index (χ1) is 15.0. The largest absolute Gasteiger partial charge is 0.357 e. The minimum absolute atomic E-state index is 0.0144. The number of allylic oxidation sites excluding steroid dienone is 1. The van der Waals surface area contributed by atoms with Crippen LogP contribution in [0.2, 0.25) is 0 Å². The first-order valence-corrected chi connectivity index (χ1v) is 11.1. The van der Waals surface area contributed by atoms with Crippen molar-refractivity contribution in [3.8, 4) is 0 Å². The Morgan fingerprint density at radius 3 is 2.55 bits per heavy atom. The second-order valence-electron chi connectivity index (χ2n) is 7.92. The first kappa shape index (κ1) is 19.7. The van der Waals surface area contributed by atoms with Gasteiger partial charge in [-0.1, -0.05) is 30.3 Å². The van der Waals surface area contributed by atoms with Crippen LogP contribution in [0.5, 0.6) is 0 Å². The average Bonchev–Trinajstić information content (AvgIpc) is 3.24. The third-order valence-electron chi connectivity index (χ3n) is 5.96. The number of Topliss-reactive ketones (excluding diaryl/α,β-unsaturated/α-hetero) is 1. The number of anilines is 2. The first-order valence-electron chi connectivity index (χ1n) is 10.2. The molecule has 4 nitrogen and oxygen atoms in total. The van der Waals surface area contributed by atoms with Gasteiger partial charge in [0.25, 0.3) is 0 Å². The summed E-state index contributed by atoms with van der Waals surface area (Å²) in [6, 6.07) is 17.1. The molecule has 1 amide bonds. The monoisotopic (exact) mass is 432 g/mol. The molecule has 0 fully saturated rings. The number of nitrogens with one attached hydrogen (secondary N) is 1. The van der Waals surface area contributed by atoms with Crippen LogP contribution < -0.4 is 10.2 Å². The topological polar surface area (TPSA) is 49.4 Å². The van der Waals surface area contributed by atoms with E-state index in [0.717, 1.165) is 11.4 Å². The summed E-state index contributed by atoms with van der Waals surface area (Å²) in [6.45, 7) is 1.50. The third-order valence-corrected chi connectivity index (χ3v) is 6.99. The number of rotatable bonds is 2. The molecule has 0 spiro atoms. The number of benzene rings is 2. The number of thiophene rings is 1. The molecule has 156 valence electrons. The van der Waals surface area contributed by atoms with Crippen LogP contribution in [-0.4, -0.2) is 11.7 Å². The maximum absolute atomic E-state index is 13.7. The van der Waals surface area contributed by atoms with E-state index in [4.69, 9.17) is 0 Å². The lowest BCUT2D eigenvalue weighted by Gasteiger charge is -2.34. The van der Waals surface area contributed by atoms with Crippen molar-refractivity contribution in [2.45, 2.75) is 31.7 Å². The highest BCUT2D eigenvalue weighted by Gasteiger charge is 2.40. The second kappa shape index (κ2) is 7.78. The van der Waals surface area contributed by atoms with Crippen LogP contribution in [-0.2, 0) is 9.59 Å². The molecule has 5 rings (SSSR count). The van der Waals surface area contributed by atoms with Gasteiger partial charge >= 0.3 is 0 Å². The number of fused-ring (bicyclic) bond motifs is 1. The van der Waals surface area contributed by atoms with E-state index in [2.05, 4.69) is 11.4 Å². The van der Waals surface area contributed by atoms with Crippen molar-refractivity contribution in [3.63, 3.8) is 0 Å². The minimum atomic E-state index is -0.610. The highest BCUT2D eigenvalue weighted by molar-refractivity contribution is 7.10. The van der Waals surface area contributed by atoms with Crippen molar-refractivity contribution in [1.29, 1.82) is 0 Å². The van der Waals surface area contributed by atoms with Crippen molar-refractivity contribution in [2.75, 3.05) is 10.2 Å². The van der Waals surface area contributed by atoms with Gasteiger partial charge in [-0.25, -0.2) is 4.39 Å². The van der Waals surface area contributed by atoms with Gasteiger partial charge in [0.2, 0.25) is 5.91 Å². The minimum Gasteiger partial charge on any atom is -0.357 e. The molecule has 0 unspecified atom stereocenters. The Hall–Kier alpha value is -3.25. The van der Waals surface area contributed by atoms with Gasteiger partial charge in [-0.2, -0.15) is 0 Å². The van der Waals surface area contributed by atoms with E-state index in [-0.39, 0.29) is 23.4 Å². The van der Waals surface area contributed by atoms with E-state index in [0.29, 0.717) is 29.7 Å². The van der Waals surface area contributed by atoms with Gasteiger partial charge in [-0.05, 0) is 47.7 Å². The molecule has 0 saturated carbocycles. The van der Waals surface area contributed by atoms with Gasteiger partial charge in [0, 0.05) is 35.4 Å². The molecule has 1 aliphatic heterocycles. The smallest absolute Gasteiger partial charge is 0.224 e. The molecule has 0 radical (unpaired) electrons. The number of carbonyl (C=O) groups is 2. The summed E-state index contributed by atoms with van der Waals surface area (Å²) >= 11 is 1.66. The van der Waals surface area contributed by atoms with Crippen molar-refractivity contribution in [1.82, 2.24) is 0 Å². The number of hydrogen-bond acceptors (Lipinski definition) is 4. The highest BCUT2D eigenvalue weighted by Crippen LogP contribution is 2.47. The predicted molar refractivity (Wildman–Crippen MR) is 121 cm³/mol. The Morgan fingerprint density at radius 1 is 1.06 bits per heavy atom. The van der Waals surface area contributed by atoms with E-state index < -0.39 is 6.04 Å². The Balaban J connectivity index is 1.72.